The second-order valence-electron chi connectivity index (χ2n) is 7.17. The lowest BCUT2D eigenvalue weighted by atomic mass is 10.0. The Kier molecular flexibility index (Phi) is 6.13. The number of nitrogens with one attached hydrogen (secondary N) is 2. The molecule has 2 aromatic carbocycles. The molecule has 0 saturated carbocycles. The van der Waals surface area contributed by atoms with E-state index in [-0.39, 0.29) is 11.7 Å². The van der Waals surface area contributed by atoms with Crippen molar-refractivity contribution in [2.75, 3.05) is 16.8 Å². The molecule has 1 fully saturated rings. The van der Waals surface area contributed by atoms with Crippen LogP contribution in [0, 0.1) is 5.82 Å². The fraction of sp³-hybridized carbons (Fsp3) is 0.174. The summed E-state index contributed by atoms with van der Waals surface area (Å²) in [6, 6.07) is 15.4. The first-order valence-corrected chi connectivity index (χ1v) is 10.2. The smallest absolute Gasteiger partial charge is 0.319 e. The Morgan fingerprint density at radius 3 is 2.58 bits per heavy atom. The lowest BCUT2D eigenvalue weighted by Crippen LogP contribution is -2.53. The average molecular weight is 439 g/mol. The first-order chi connectivity index (χ1) is 15.0. The molecule has 31 heavy (non-hydrogen) atoms. The number of carbonyl (C=O) groups is 2. The van der Waals surface area contributed by atoms with Crippen molar-refractivity contribution in [1.82, 2.24) is 10.3 Å². The second-order valence-corrected chi connectivity index (χ2v) is 7.61. The summed E-state index contributed by atoms with van der Waals surface area (Å²) >= 11 is 5.85. The summed E-state index contributed by atoms with van der Waals surface area (Å²) in [5.41, 5.74) is 2.07. The topological polar surface area (TPSA) is 74.3 Å². The van der Waals surface area contributed by atoms with Crippen molar-refractivity contribution < 1.29 is 14.0 Å². The maximum atomic E-state index is 14.0. The molecule has 6 nitrogen and oxygen atoms in total. The predicted octanol–water partition coefficient (Wildman–Crippen LogP) is 4.86. The van der Waals surface area contributed by atoms with Gasteiger partial charge in [0.25, 0.3) is 0 Å². The van der Waals surface area contributed by atoms with Crippen molar-refractivity contribution in [2.45, 2.75) is 18.9 Å². The van der Waals surface area contributed by atoms with Crippen LogP contribution in [-0.2, 0) is 4.79 Å². The summed E-state index contributed by atoms with van der Waals surface area (Å²) in [7, 11) is 0. The van der Waals surface area contributed by atoms with Gasteiger partial charge in [-0.15, -0.1) is 0 Å². The van der Waals surface area contributed by atoms with Crippen molar-refractivity contribution in [3.05, 3.63) is 77.7 Å². The number of hydrogen-bond donors (Lipinski definition) is 2. The molecule has 1 aliphatic rings. The molecule has 0 aliphatic carbocycles. The van der Waals surface area contributed by atoms with Crippen LogP contribution in [0.5, 0.6) is 0 Å². The Labute approximate surface area is 184 Å². The zero-order valence-electron chi connectivity index (χ0n) is 16.5. The minimum Gasteiger partial charge on any atom is -0.326 e. The fourth-order valence-corrected chi connectivity index (χ4v) is 3.62. The number of carbonyl (C=O) groups excluding carboxylic acids is 2. The molecule has 4 rings (SSSR count). The number of benzene rings is 2. The highest BCUT2D eigenvalue weighted by Gasteiger charge is 2.31. The van der Waals surface area contributed by atoms with E-state index in [1.807, 2.05) is 0 Å². The SMILES string of the molecule is O=C(Nc1ccc(Cl)cc1)N[C@@H]1CCCN(c2ccc(-c3ccccc3F)nc2)C1=O. The second kappa shape index (κ2) is 9.14. The van der Waals surface area contributed by atoms with Gasteiger partial charge in [0.1, 0.15) is 11.9 Å². The third kappa shape index (κ3) is 4.83. The van der Waals surface area contributed by atoms with Gasteiger partial charge < -0.3 is 15.5 Å². The van der Waals surface area contributed by atoms with Crippen LogP contribution >= 0.6 is 11.6 Å². The van der Waals surface area contributed by atoms with Gasteiger partial charge in [0.05, 0.1) is 17.6 Å². The highest BCUT2D eigenvalue weighted by atomic mass is 35.5. The highest BCUT2D eigenvalue weighted by Crippen LogP contribution is 2.25. The van der Waals surface area contributed by atoms with Crippen LogP contribution in [0.1, 0.15) is 12.8 Å². The fourth-order valence-electron chi connectivity index (χ4n) is 3.50. The lowest BCUT2D eigenvalue weighted by Gasteiger charge is -2.32. The molecule has 3 aromatic rings. The molecule has 3 amide bonds. The quantitative estimate of drug-likeness (QED) is 0.611. The molecular formula is C23H20ClFN4O2. The number of halogens is 2. The molecule has 2 heterocycles. The molecule has 2 N–H and O–H groups in total. The largest absolute Gasteiger partial charge is 0.326 e. The number of hydrogen-bond acceptors (Lipinski definition) is 3. The predicted molar refractivity (Wildman–Crippen MR) is 119 cm³/mol. The summed E-state index contributed by atoms with van der Waals surface area (Å²) in [5, 5.41) is 6.00. The van der Waals surface area contributed by atoms with E-state index in [9.17, 15) is 14.0 Å². The Hall–Kier alpha value is -3.45. The molecule has 1 saturated heterocycles. The minimum atomic E-state index is -0.646. The molecule has 0 spiro atoms. The van der Waals surface area contributed by atoms with Crippen molar-refractivity contribution in [2.24, 2.45) is 0 Å². The molecular weight excluding hydrogens is 419 g/mol. The normalized spacial score (nSPS) is 16.1. The van der Waals surface area contributed by atoms with Crippen LogP contribution < -0.4 is 15.5 Å². The maximum Gasteiger partial charge on any atom is 0.319 e. The van der Waals surface area contributed by atoms with Crippen LogP contribution in [0.3, 0.4) is 0 Å². The van der Waals surface area contributed by atoms with E-state index >= 15 is 0 Å². The van der Waals surface area contributed by atoms with E-state index in [0.717, 1.165) is 6.42 Å². The first-order valence-electron chi connectivity index (χ1n) is 9.87. The van der Waals surface area contributed by atoms with Gasteiger partial charge in [-0.2, -0.15) is 0 Å². The summed E-state index contributed by atoms with van der Waals surface area (Å²) in [6.45, 7) is 0.524. The number of piperidine rings is 1. The van der Waals surface area contributed by atoms with Crippen molar-refractivity contribution in [3.8, 4) is 11.3 Å². The van der Waals surface area contributed by atoms with E-state index < -0.39 is 12.1 Å². The third-order valence-corrected chi connectivity index (χ3v) is 5.31. The Morgan fingerprint density at radius 1 is 1.10 bits per heavy atom. The van der Waals surface area contributed by atoms with E-state index in [1.165, 1.54) is 6.07 Å². The third-order valence-electron chi connectivity index (χ3n) is 5.06. The van der Waals surface area contributed by atoms with Crippen molar-refractivity contribution in [1.29, 1.82) is 0 Å². The van der Waals surface area contributed by atoms with E-state index in [4.69, 9.17) is 11.6 Å². The summed E-state index contributed by atoms with van der Waals surface area (Å²) in [6.07, 6.45) is 2.83. The molecule has 0 unspecified atom stereocenters. The van der Waals surface area contributed by atoms with Crippen LogP contribution in [0.15, 0.2) is 66.9 Å². The van der Waals surface area contributed by atoms with Gasteiger partial charge in [0.15, 0.2) is 0 Å². The summed E-state index contributed by atoms with van der Waals surface area (Å²) in [5.74, 6) is -0.564. The van der Waals surface area contributed by atoms with Crippen LogP contribution in [0.2, 0.25) is 5.02 Å². The van der Waals surface area contributed by atoms with Gasteiger partial charge in [-0.1, -0.05) is 23.7 Å². The van der Waals surface area contributed by atoms with Crippen LogP contribution in [0.25, 0.3) is 11.3 Å². The number of urea groups is 1. The Bertz CT molecular complexity index is 1090. The highest BCUT2D eigenvalue weighted by molar-refractivity contribution is 6.30. The van der Waals surface area contributed by atoms with E-state index in [2.05, 4.69) is 15.6 Å². The molecule has 1 atom stereocenters. The van der Waals surface area contributed by atoms with Gasteiger partial charge in [-0.3, -0.25) is 9.78 Å². The Morgan fingerprint density at radius 2 is 1.87 bits per heavy atom. The first kappa shape index (κ1) is 20.8. The molecule has 0 bridgehead atoms. The molecule has 8 heteroatoms. The lowest BCUT2D eigenvalue weighted by molar-refractivity contribution is -0.121. The van der Waals surface area contributed by atoms with Gasteiger partial charge in [-0.25, -0.2) is 9.18 Å². The van der Waals surface area contributed by atoms with E-state index in [1.54, 1.807) is 65.7 Å². The Balaban J connectivity index is 1.43. The number of aromatic nitrogens is 1. The van der Waals surface area contributed by atoms with Crippen molar-refractivity contribution in [3.63, 3.8) is 0 Å². The van der Waals surface area contributed by atoms with Gasteiger partial charge in [0.2, 0.25) is 5.91 Å². The molecule has 1 aromatic heterocycles. The number of pyridine rings is 1. The molecule has 1 aliphatic heterocycles. The van der Waals surface area contributed by atoms with Gasteiger partial charge >= 0.3 is 6.03 Å². The maximum absolute atomic E-state index is 14.0. The average Bonchev–Trinajstić information content (AvgIpc) is 2.77. The molecule has 0 radical (unpaired) electrons. The number of amides is 3. The van der Waals surface area contributed by atoms with Crippen molar-refractivity contribution >= 4 is 34.9 Å². The monoisotopic (exact) mass is 438 g/mol. The van der Waals surface area contributed by atoms with Gasteiger partial charge in [-0.05, 0) is 61.4 Å². The van der Waals surface area contributed by atoms with E-state index in [0.29, 0.717) is 40.6 Å². The van der Waals surface area contributed by atoms with Crippen LogP contribution in [-0.4, -0.2) is 29.5 Å². The van der Waals surface area contributed by atoms with Gasteiger partial charge in [0, 0.05) is 22.8 Å². The zero-order valence-corrected chi connectivity index (χ0v) is 17.3. The number of anilines is 2. The van der Waals surface area contributed by atoms with Crippen LogP contribution in [0.4, 0.5) is 20.6 Å². The summed E-state index contributed by atoms with van der Waals surface area (Å²) < 4.78 is 14.0. The standard InChI is InChI=1S/C23H20ClFN4O2/c24-15-7-9-16(10-8-15)27-23(31)28-21-6-3-13-29(22(21)30)17-11-12-20(26-14-17)18-4-1-2-5-19(18)25/h1-2,4-5,7-12,14,21H,3,6,13H2,(H2,27,28,31)/t21-/m1/s1. The number of nitrogens with zero attached hydrogens (tertiary/aromatic N) is 2. The number of rotatable bonds is 4. The summed E-state index contributed by atoms with van der Waals surface area (Å²) in [4.78, 5) is 31.2. The molecule has 158 valence electrons. The zero-order chi connectivity index (χ0) is 21.8. The minimum absolute atomic E-state index is 0.210.